The summed E-state index contributed by atoms with van der Waals surface area (Å²) in [5.41, 5.74) is 0.552. The van der Waals surface area contributed by atoms with Crippen LogP contribution in [0, 0.1) is 0 Å². The normalized spacial score (nSPS) is 12.1. The molecule has 0 spiro atoms. The van der Waals surface area contributed by atoms with Gasteiger partial charge in [0.1, 0.15) is 6.04 Å². The average molecular weight is 295 g/mol. The van der Waals surface area contributed by atoms with Crippen LogP contribution in [0.5, 0.6) is 0 Å². The van der Waals surface area contributed by atoms with E-state index in [1.807, 2.05) is 14.1 Å². The van der Waals surface area contributed by atoms with Gasteiger partial charge < -0.3 is 25.4 Å². The van der Waals surface area contributed by atoms with Crippen molar-refractivity contribution in [3.63, 3.8) is 0 Å². The Kier molecular flexibility index (Phi) is 7.34. The van der Waals surface area contributed by atoms with E-state index in [-0.39, 0.29) is 12.3 Å². The number of pyridine rings is 1. The zero-order valence-electron chi connectivity index (χ0n) is 12.5. The van der Waals surface area contributed by atoms with Crippen LogP contribution < -0.4 is 20.6 Å². The number of nitrogens with two attached hydrogens (primary N) is 1. The minimum absolute atomic E-state index is 0.119. The van der Waals surface area contributed by atoms with E-state index in [2.05, 4.69) is 10.3 Å². The van der Waals surface area contributed by atoms with Crippen molar-refractivity contribution in [2.75, 3.05) is 32.5 Å². The first-order valence-corrected chi connectivity index (χ1v) is 7.02. The third kappa shape index (κ3) is 7.38. The predicted octanol–water partition coefficient (Wildman–Crippen LogP) is -3.37. The number of quaternary nitrogens is 2. The molecular weight excluding hydrogens is 272 g/mol. The molecule has 4 N–H and O–H groups in total. The first kappa shape index (κ1) is 17.1. The number of carboxylic acids is 1. The molecule has 0 saturated heterocycles. The quantitative estimate of drug-likeness (QED) is 0.414. The average Bonchev–Trinajstić information content (AvgIpc) is 2.42. The van der Waals surface area contributed by atoms with E-state index in [4.69, 9.17) is 0 Å². The number of aliphatic carboxylic acids is 1. The highest BCUT2D eigenvalue weighted by atomic mass is 16.4. The number of rotatable bonds is 9. The summed E-state index contributed by atoms with van der Waals surface area (Å²) in [7, 11) is 4.08. The topological polar surface area (TPSA) is 103 Å². The Hall–Kier alpha value is -1.99. The van der Waals surface area contributed by atoms with Gasteiger partial charge in [-0.2, -0.15) is 0 Å². The highest BCUT2D eigenvalue weighted by molar-refractivity contribution is 5.93. The van der Waals surface area contributed by atoms with Crippen LogP contribution in [0.25, 0.3) is 0 Å². The lowest BCUT2D eigenvalue weighted by molar-refractivity contribution is -0.860. The number of anilines is 1. The molecular formula is C14H23N4O3+. The second kappa shape index (κ2) is 9.04. The standard InChI is InChI=1S/C14H22N4O3/c1-18(2)8-4-7-16-12(14(20)21)9-13(19)17-11-5-3-6-15-10-11/h3,5-6,10,12,16H,4,7-9H2,1-2H3,(H,17,19)(H,20,21)/p+1/t12-/m1/s1. The SMILES string of the molecule is C[NH+](C)CCC[NH2+][C@H](CC(=O)Nc1cccnc1)C(=O)[O-]. The Labute approximate surface area is 124 Å². The van der Waals surface area contributed by atoms with Crippen molar-refractivity contribution in [1.82, 2.24) is 4.98 Å². The van der Waals surface area contributed by atoms with Crippen LogP contribution in [0.1, 0.15) is 12.8 Å². The number of hydrogen-bond donors (Lipinski definition) is 3. The lowest BCUT2D eigenvalue weighted by Crippen LogP contribution is -3.06. The fraction of sp³-hybridized carbons (Fsp3) is 0.500. The van der Waals surface area contributed by atoms with Crippen molar-refractivity contribution < 1.29 is 24.9 Å². The third-order valence-corrected chi connectivity index (χ3v) is 2.99. The van der Waals surface area contributed by atoms with Crippen molar-refractivity contribution in [3.8, 4) is 0 Å². The van der Waals surface area contributed by atoms with Gasteiger partial charge in [0.05, 0.1) is 51.5 Å². The van der Waals surface area contributed by atoms with Gasteiger partial charge in [0.25, 0.3) is 0 Å². The second-order valence-electron chi connectivity index (χ2n) is 5.25. The molecule has 0 bridgehead atoms. The van der Waals surface area contributed by atoms with E-state index in [0.29, 0.717) is 12.2 Å². The molecule has 116 valence electrons. The van der Waals surface area contributed by atoms with Gasteiger partial charge in [-0.3, -0.25) is 9.78 Å². The number of nitrogens with zero attached hydrogens (tertiary/aromatic N) is 1. The minimum Gasteiger partial charge on any atom is -0.544 e. The zero-order valence-corrected chi connectivity index (χ0v) is 12.5. The van der Waals surface area contributed by atoms with Crippen LogP contribution in [-0.2, 0) is 9.59 Å². The fourth-order valence-electron chi connectivity index (χ4n) is 1.89. The predicted molar refractivity (Wildman–Crippen MR) is 75.4 cm³/mol. The van der Waals surface area contributed by atoms with E-state index in [1.54, 1.807) is 23.6 Å². The summed E-state index contributed by atoms with van der Waals surface area (Å²) < 4.78 is 0. The van der Waals surface area contributed by atoms with Gasteiger partial charge in [-0.15, -0.1) is 0 Å². The smallest absolute Gasteiger partial charge is 0.230 e. The number of carbonyl (C=O) groups is 2. The Bertz CT molecular complexity index is 451. The summed E-state index contributed by atoms with van der Waals surface area (Å²) in [5, 5.41) is 15.3. The molecule has 1 amide bonds. The van der Waals surface area contributed by atoms with E-state index < -0.39 is 12.0 Å². The number of carboxylic acid groups (broad SMARTS) is 1. The van der Waals surface area contributed by atoms with Crippen LogP contribution >= 0.6 is 0 Å². The highest BCUT2D eigenvalue weighted by Gasteiger charge is 2.18. The minimum atomic E-state index is -1.21. The number of carbonyl (C=O) groups excluding carboxylic acids is 2. The summed E-state index contributed by atoms with van der Waals surface area (Å²) in [6.07, 6.45) is 3.87. The van der Waals surface area contributed by atoms with Crippen molar-refractivity contribution in [2.45, 2.75) is 18.9 Å². The molecule has 1 aromatic rings. The molecule has 0 aliphatic heterocycles. The first-order chi connectivity index (χ1) is 9.99. The van der Waals surface area contributed by atoms with Gasteiger partial charge in [0.15, 0.2) is 0 Å². The van der Waals surface area contributed by atoms with Gasteiger partial charge in [-0.25, -0.2) is 0 Å². The molecule has 0 saturated carbocycles. The Balaban J connectivity index is 2.39. The highest BCUT2D eigenvalue weighted by Crippen LogP contribution is 2.03. The molecule has 21 heavy (non-hydrogen) atoms. The maximum absolute atomic E-state index is 11.8. The molecule has 1 heterocycles. The molecule has 0 aliphatic rings. The fourth-order valence-corrected chi connectivity index (χ4v) is 1.89. The number of hydrogen-bond acceptors (Lipinski definition) is 4. The van der Waals surface area contributed by atoms with E-state index in [0.717, 1.165) is 13.0 Å². The zero-order chi connectivity index (χ0) is 15.7. The number of amides is 1. The molecule has 7 heteroatoms. The maximum atomic E-state index is 11.8. The molecule has 0 aromatic carbocycles. The Morgan fingerprint density at radius 2 is 2.24 bits per heavy atom. The van der Waals surface area contributed by atoms with E-state index in [1.165, 1.54) is 11.1 Å². The number of nitrogens with one attached hydrogen (secondary N) is 2. The van der Waals surface area contributed by atoms with E-state index in [9.17, 15) is 14.7 Å². The van der Waals surface area contributed by atoms with Gasteiger partial charge in [-0.1, -0.05) is 0 Å². The van der Waals surface area contributed by atoms with Crippen LogP contribution in [0.3, 0.4) is 0 Å². The van der Waals surface area contributed by atoms with Crippen LogP contribution in [0.2, 0.25) is 0 Å². The lowest BCUT2D eigenvalue weighted by Gasteiger charge is -2.16. The van der Waals surface area contributed by atoms with Crippen LogP contribution in [0.4, 0.5) is 5.69 Å². The van der Waals surface area contributed by atoms with Crippen LogP contribution in [-0.4, -0.2) is 50.1 Å². The second-order valence-corrected chi connectivity index (χ2v) is 5.25. The molecule has 0 radical (unpaired) electrons. The van der Waals surface area contributed by atoms with Gasteiger partial charge in [0.2, 0.25) is 5.91 Å². The summed E-state index contributed by atoms with van der Waals surface area (Å²) in [6.45, 7) is 1.61. The molecule has 0 fully saturated rings. The molecule has 0 aliphatic carbocycles. The molecule has 0 unspecified atom stereocenters. The summed E-state index contributed by atoms with van der Waals surface area (Å²) in [5.74, 6) is -1.57. The largest absolute Gasteiger partial charge is 0.544 e. The summed E-state index contributed by atoms with van der Waals surface area (Å²) in [6, 6.07) is 2.53. The third-order valence-electron chi connectivity index (χ3n) is 2.99. The van der Waals surface area contributed by atoms with Crippen molar-refractivity contribution in [2.24, 2.45) is 0 Å². The van der Waals surface area contributed by atoms with Gasteiger partial charge in [0, 0.05) is 12.6 Å². The van der Waals surface area contributed by atoms with Gasteiger partial charge in [-0.05, 0) is 12.1 Å². The van der Waals surface area contributed by atoms with Gasteiger partial charge >= 0.3 is 0 Å². The van der Waals surface area contributed by atoms with Crippen molar-refractivity contribution in [3.05, 3.63) is 24.5 Å². The Morgan fingerprint density at radius 3 is 2.81 bits per heavy atom. The first-order valence-electron chi connectivity index (χ1n) is 7.02. The summed E-state index contributed by atoms with van der Waals surface area (Å²) in [4.78, 5) is 28.1. The summed E-state index contributed by atoms with van der Waals surface area (Å²) >= 11 is 0. The van der Waals surface area contributed by atoms with Crippen molar-refractivity contribution in [1.29, 1.82) is 0 Å². The molecule has 1 aromatic heterocycles. The molecule has 1 atom stereocenters. The monoisotopic (exact) mass is 295 g/mol. The van der Waals surface area contributed by atoms with E-state index >= 15 is 0 Å². The Morgan fingerprint density at radius 1 is 1.48 bits per heavy atom. The molecule has 1 rings (SSSR count). The van der Waals surface area contributed by atoms with Crippen molar-refractivity contribution >= 4 is 17.6 Å². The number of aromatic nitrogens is 1. The molecule has 7 nitrogen and oxygen atoms in total. The van der Waals surface area contributed by atoms with Crippen LogP contribution in [0.15, 0.2) is 24.5 Å². The maximum Gasteiger partial charge on any atom is 0.230 e. The lowest BCUT2D eigenvalue weighted by atomic mass is 10.2.